The van der Waals surface area contributed by atoms with Gasteiger partial charge in [-0.2, -0.15) is 5.10 Å². The van der Waals surface area contributed by atoms with Crippen molar-refractivity contribution < 1.29 is 19.1 Å². The van der Waals surface area contributed by atoms with Crippen molar-refractivity contribution in [2.24, 2.45) is 5.92 Å². The largest absolute Gasteiger partial charge is 0.497 e. The summed E-state index contributed by atoms with van der Waals surface area (Å²) in [6.07, 6.45) is 3.33. The highest BCUT2D eigenvalue weighted by atomic mass is 16.5. The fourth-order valence-corrected chi connectivity index (χ4v) is 3.84. The minimum Gasteiger partial charge on any atom is -0.497 e. The number of rotatable bonds is 6. The molecule has 2 aliphatic rings. The number of aromatic nitrogens is 2. The minimum absolute atomic E-state index is 0.00771. The molecule has 1 saturated heterocycles. The van der Waals surface area contributed by atoms with Gasteiger partial charge in [0, 0.05) is 30.4 Å². The molecule has 0 spiro atoms. The van der Waals surface area contributed by atoms with E-state index in [1.165, 1.54) is 0 Å². The summed E-state index contributed by atoms with van der Waals surface area (Å²) in [5, 5.41) is 9.35. The smallest absolute Gasteiger partial charge is 0.322 e. The van der Waals surface area contributed by atoms with Gasteiger partial charge >= 0.3 is 6.03 Å². The van der Waals surface area contributed by atoms with Crippen LogP contribution in [0.5, 0.6) is 5.75 Å². The van der Waals surface area contributed by atoms with Crippen LogP contribution in [0, 0.1) is 5.92 Å². The highest BCUT2D eigenvalue weighted by Crippen LogP contribution is 2.32. The fourth-order valence-electron chi connectivity index (χ4n) is 3.84. The summed E-state index contributed by atoms with van der Waals surface area (Å²) in [5.41, 5.74) is 0.558. The van der Waals surface area contributed by atoms with Crippen LogP contribution in [0.2, 0.25) is 0 Å². The van der Waals surface area contributed by atoms with Crippen LogP contribution in [0.1, 0.15) is 35.3 Å². The van der Waals surface area contributed by atoms with Gasteiger partial charge in [0.1, 0.15) is 5.75 Å². The van der Waals surface area contributed by atoms with Gasteiger partial charge in [-0.1, -0.05) is 19.9 Å². The molecular weight excluding hydrogens is 374 g/mol. The van der Waals surface area contributed by atoms with Crippen LogP contribution in [-0.2, 0) is 23.4 Å². The number of methoxy groups -OCH3 is 1. The minimum atomic E-state index is -1.38. The zero-order valence-electron chi connectivity index (χ0n) is 16.6. The van der Waals surface area contributed by atoms with Crippen molar-refractivity contribution in [2.75, 3.05) is 13.7 Å². The van der Waals surface area contributed by atoms with E-state index in [0.717, 1.165) is 5.56 Å². The molecule has 2 N–H and O–H groups in total. The molecule has 2 aliphatic heterocycles. The van der Waals surface area contributed by atoms with Crippen LogP contribution in [0.3, 0.4) is 0 Å². The second-order valence-corrected chi connectivity index (χ2v) is 7.84. The van der Waals surface area contributed by atoms with Gasteiger partial charge in [0.25, 0.3) is 11.8 Å². The predicted octanol–water partition coefficient (Wildman–Crippen LogP) is 1.24. The van der Waals surface area contributed by atoms with Crippen LogP contribution in [0.25, 0.3) is 0 Å². The van der Waals surface area contributed by atoms with Crippen molar-refractivity contribution >= 4 is 17.8 Å². The number of nitrogens with one attached hydrogen (secondary N) is 2. The number of hydrogen-bond acceptors (Lipinski definition) is 5. The normalized spacial score (nSPS) is 20.8. The first kappa shape index (κ1) is 19.0. The number of hydrogen-bond donors (Lipinski definition) is 2. The van der Waals surface area contributed by atoms with Crippen molar-refractivity contribution in [3.63, 3.8) is 0 Å². The van der Waals surface area contributed by atoms with Crippen molar-refractivity contribution in [3.05, 3.63) is 47.3 Å². The molecule has 1 aromatic heterocycles. The molecule has 1 aromatic carbocycles. The van der Waals surface area contributed by atoms with Gasteiger partial charge < -0.3 is 15.0 Å². The molecule has 0 unspecified atom stereocenters. The number of imide groups is 1. The number of amides is 4. The van der Waals surface area contributed by atoms with E-state index in [-0.39, 0.29) is 12.5 Å². The van der Waals surface area contributed by atoms with E-state index in [0.29, 0.717) is 35.9 Å². The highest BCUT2D eigenvalue weighted by Gasteiger charge is 2.51. The zero-order valence-corrected chi connectivity index (χ0v) is 16.6. The second-order valence-electron chi connectivity index (χ2n) is 7.84. The van der Waals surface area contributed by atoms with Gasteiger partial charge in [0.2, 0.25) is 0 Å². The molecular formula is C20H23N5O4. The Labute approximate surface area is 168 Å². The molecule has 0 bridgehead atoms. The van der Waals surface area contributed by atoms with Crippen LogP contribution < -0.4 is 15.4 Å². The lowest BCUT2D eigenvalue weighted by Crippen LogP contribution is -2.52. The monoisotopic (exact) mass is 397 g/mol. The average molecular weight is 397 g/mol. The van der Waals surface area contributed by atoms with Gasteiger partial charge in [0.05, 0.1) is 19.9 Å². The summed E-state index contributed by atoms with van der Waals surface area (Å²) in [6.45, 7) is 5.17. The Balaban J connectivity index is 1.66. The Bertz CT molecular complexity index is 999. The first-order valence-electron chi connectivity index (χ1n) is 9.45. The highest BCUT2D eigenvalue weighted by molar-refractivity contribution is 6.08. The lowest BCUT2D eigenvalue weighted by molar-refractivity contribution is -0.124. The molecule has 152 valence electrons. The molecule has 2 aromatic rings. The molecule has 4 amide bonds. The van der Waals surface area contributed by atoms with E-state index in [2.05, 4.69) is 29.6 Å². The topological polar surface area (TPSA) is 106 Å². The number of fused-ring (bicyclic) bond motifs is 1. The Kier molecular flexibility index (Phi) is 4.52. The van der Waals surface area contributed by atoms with Gasteiger partial charge in [-0.3, -0.25) is 19.6 Å². The number of benzene rings is 1. The third kappa shape index (κ3) is 3.22. The molecule has 29 heavy (non-hydrogen) atoms. The second kappa shape index (κ2) is 6.91. The molecule has 0 radical (unpaired) electrons. The molecule has 9 heteroatoms. The van der Waals surface area contributed by atoms with Gasteiger partial charge in [0.15, 0.2) is 5.54 Å². The molecule has 1 atom stereocenters. The van der Waals surface area contributed by atoms with E-state index in [1.54, 1.807) is 41.2 Å². The van der Waals surface area contributed by atoms with Crippen molar-refractivity contribution in [2.45, 2.75) is 32.5 Å². The average Bonchev–Trinajstić information content (AvgIpc) is 3.33. The number of ether oxygens (including phenoxy) is 1. The summed E-state index contributed by atoms with van der Waals surface area (Å²) in [4.78, 5) is 39.3. The maximum atomic E-state index is 13.0. The van der Waals surface area contributed by atoms with E-state index in [1.807, 2.05) is 6.07 Å². The van der Waals surface area contributed by atoms with Gasteiger partial charge in [-0.25, -0.2) is 4.79 Å². The lowest BCUT2D eigenvalue weighted by Gasteiger charge is -2.30. The molecule has 0 saturated carbocycles. The summed E-state index contributed by atoms with van der Waals surface area (Å²) in [7, 11) is 1.54. The molecule has 4 rings (SSSR count). The third-order valence-corrected chi connectivity index (χ3v) is 5.24. The predicted molar refractivity (Wildman–Crippen MR) is 103 cm³/mol. The SMILES string of the molecule is COc1ccc2c(c1)C(=O)N(C[C@@]1(c3cnn(CC(C)C)c3)NC(=O)NC1=O)C2. The summed E-state index contributed by atoms with van der Waals surface area (Å²) >= 11 is 0. The quantitative estimate of drug-likeness (QED) is 0.714. The number of nitrogens with zero attached hydrogens (tertiary/aromatic N) is 3. The van der Waals surface area contributed by atoms with Crippen molar-refractivity contribution in [1.82, 2.24) is 25.3 Å². The van der Waals surface area contributed by atoms with Crippen LogP contribution in [0.15, 0.2) is 30.6 Å². The Morgan fingerprint density at radius 1 is 1.28 bits per heavy atom. The van der Waals surface area contributed by atoms with Crippen LogP contribution >= 0.6 is 0 Å². The number of carbonyl (C=O) groups is 3. The maximum absolute atomic E-state index is 13.0. The Hall–Kier alpha value is -3.36. The molecule has 9 nitrogen and oxygen atoms in total. The first-order chi connectivity index (χ1) is 13.8. The molecule has 0 aliphatic carbocycles. The van der Waals surface area contributed by atoms with Gasteiger partial charge in [-0.05, 0) is 23.6 Å². The van der Waals surface area contributed by atoms with Crippen LogP contribution in [-0.4, -0.2) is 46.2 Å². The summed E-state index contributed by atoms with van der Waals surface area (Å²) < 4.78 is 6.95. The summed E-state index contributed by atoms with van der Waals surface area (Å²) in [5.74, 6) is 0.264. The first-order valence-corrected chi connectivity index (χ1v) is 9.45. The van der Waals surface area contributed by atoms with Crippen molar-refractivity contribution in [1.29, 1.82) is 0 Å². The molecule has 1 fully saturated rings. The van der Waals surface area contributed by atoms with E-state index < -0.39 is 17.5 Å². The zero-order chi connectivity index (χ0) is 20.8. The maximum Gasteiger partial charge on any atom is 0.322 e. The third-order valence-electron chi connectivity index (χ3n) is 5.24. The Morgan fingerprint density at radius 2 is 2.07 bits per heavy atom. The molecule has 3 heterocycles. The lowest BCUT2D eigenvalue weighted by atomic mass is 9.92. The fraction of sp³-hybridized carbons (Fsp3) is 0.400. The van der Waals surface area contributed by atoms with Crippen LogP contribution in [0.4, 0.5) is 4.79 Å². The van der Waals surface area contributed by atoms with E-state index in [9.17, 15) is 14.4 Å². The van der Waals surface area contributed by atoms with E-state index >= 15 is 0 Å². The summed E-state index contributed by atoms with van der Waals surface area (Å²) in [6, 6.07) is 4.74. The van der Waals surface area contributed by atoms with Crippen molar-refractivity contribution in [3.8, 4) is 5.75 Å². The number of urea groups is 1. The Morgan fingerprint density at radius 3 is 2.72 bits per heavy atom. The van der Waals surface area contributed by atoms with Gasteiger partial charge in [-0.15, -0.1) is 0 Å². The standard InChI is InChI=1S/C20H23N5O4/c1-12(2)8-25-10-14(7-21-25)20(18(27)22-19(28)23-20)11-24-9-13-4-5-15(29-3)6-16(13)17(24)26/h4-7,10,12H,8-9,11H2,1-3H3,(H2,22,23,27,28)/t20-/m0/s1. The van der Waals surface area contributed by atoms with E-state index in [4.69, 9.17) is 4.74 Å². The number of carbonyl (C=O) groups excluding carboxylic acids is 3.